The van der Waals surface area contributed by atoms with Crippen LogP contribution < -0.4 is 16.1 Å². The number of aryl methyl sites for hydroxylation is 1. The van der Waals surface area contributed by atoms with E-state index in [-0.39, 0.29) is 42.8 Å². The molecule has 0 aliphatic heterocycles. The van der Waals surface area contributed by atoms with E-state index in [1.165, 1.54) is 37.4 Å². The molecule has 2 aromatic carbocycles. The number of carbonyl (C=O) groups is 5. The standard InChI is InChI=1S/C29H36F2N4O6/c1-32-26(38)15-14-25(19-37)35(2)17-23-16-21(10-11-22(23)18-36)28(40)33-29(30,31)24-12-8-20(9-13-24)6-4-3-5-7-27(39)34-41/h8-13,16,18-19,25,41H,3-7,14-15,17H2,1-2H3,(H,32,38)(H,33,40)(H,34,39). The molecular weight excluding hydrogens is 538 g/mol. The first-order valence-electron chi connectivity index (χ1n) is 13.2. The van der Waals surface area contributed by atoms with Gasteiger partial charge < -0.3 is 10.1 Å². The van der Waals surface area contributed by atoms with Gasteiger partial charge in [0.25, 0.3) is 5.91 Å². The third-order valence-corrected chi connectivity index (χ3v) is 6.70. The third-order valence-electron chi connectivity index (χ3n) is 6.70. The van der Waals surface area contributed by atoms with Crippen LogP contribution in [0.2, 0.25) is 0 Å². The van der Waals surface area contributed by atoms with E-state index in [1.807, 2.05) is 0 Å². The second-order valence-electron chi connectivity index (χ2n) is 9.68. The number of amides is 3. The largest absolute Gasteiger partial charge is 0.359 e. The summed E-state index contributed by atoms with van der Waals surface area (Å²) in [7, 11) is 3.11. The number of halogens is 2. The summed E-state index contributed by atoms with van der Waals surface area (Å²) in [6, 6.07) is 5.24. The maximum atomic E-state index is 14.9. The van der Waals surface area contributed by atoms with Crippen molar-refractivity contribution < 1.29 is 38.0 Å². The Morgan fingerprint density at radius 3 is 2.32 bits per heavy atom. The topological polar surface area (TPSA) is 145 Å². The number of likely N-dealkylation sites (N-methyl/N-ethyl adjacent to an activating group) is 1. The number of aldehydes is 2. The first-order chi connectivity index (χ1) is 19.5. The fourth-order valence-electron chi connectivity index (χ4n) is 4.20. The van der Waals surface area contributed by atoms with Crippen LogP contribution in [-0.4, -0.2) is 60.5 Å². The first kappa shape index (κ1) is 33.2. The Morgan fingerprint density at radius 1 is 1.00 bits per heavy atom. The SMILES string of the molecule is CNC(=O)CCC(C=O)N(C)Cc1cc(C(=O)NC(F)(F)c2ccc(CCCCCC(=O)NO)cc2)ccc1C=O. The molecule has 41 heavy (non-hydrogen) atoms. The minimum absolute atomic E-state index is 0.0683. The van der Waals surface area contributed by atoms with Crippen LogP contribution in [-0.2, 0) is 33.4 Å². The summed E-state index contributed by atoms with van der Waals surface area (Å²) in [4.78, 5) is 60.1. The van der Waals surface area contributed by atoms with Gasteiger partial charge in [0.05, 0.1) is 6.04 Å². The van der Waals surface area contributed by atoms with Crippen molar-refractivity contribution in [3.05, 3.63) is 70.3 Å². The molecule has 222 valence electrons. The van der Waals surface area contributed by atoms with Gasteiger partial charge in [-0.25, -0.2) is 5.48 Å². The van der Waals surface area contributed by atoms with E-state index in [0.717, 1.165) is 18.4 Å². The van der Waals surface area contributed by atoms with Crippen molar-refractivity contribution in [2.24, 2.45) is 0 Å². The van der Waals surface area contributed by atoms with E-state index < -0.39 is 29.5 Å². The zero-order valence-corrected chi connectivity index (χ0v) is 23.1. The molecule has 1 unspecified atom stereocenters. The quantitative estimate of drug-likeness (QED) is 0.0747. The van der Waals surface area contributed by atoms with Crippen LogP contribution in [0, 0.1) is 0 Å². The molecule has 10 nitrogen and oxygen atoms in total. The van der Waals surface area contributed by atoms with Crippen LogP contribution in [0.3, 0.4) is 0 Å². The summed E-state index contributed by atoms with van der Waals surface area (Å²) >= 11 is 0. The molecule has 4 N–H and O–H groups in total. The van der Waals surface area contributed by atoms with Crippen molar-refractivity contribution in [3.63, 3.8) is 0 Å². The van der Waals surface area contributed by atoms with Crippen molar-refractivity contribution >= 4 is 30.3 Å². The molecule has 0 saturated heterocycles. The Labute approximate surface area is 237 Å². The average molecular weight is 575 g/mol. The number of alkyl halides is 2. The maximum absolute atomic E-state index is 14.9. The highest BCUT2D eigenvalue weighted by atomic mass is 19.3. The van der Waals surface area contributed by atoms with Crippen molar-refractivity contribution in [2.45, 2.75) is 63.6 Å². The first-order valence-corrected chi connectivity index (χ1v) is 13.2. The molecule has 1 atom stereocenters. The number of hydroxylamine groups is 1. The molecule has 0 spiro atoms. The Morgan fingerprint density at radius 2 is 1.71 bits per heavy atom. The number of rotatable bonds is 17. The van der Waals surface area contributed by atoms with Crippen LogP contribution >= 0.6 is 0 Å². The lowest BCUT2D eigenvalue weighted by molar-refractivity contribution is -0.129. The second-order valence-corrected chi connectivity index (χ2v) is 9.68. The fourth-order valence-corrected chi connectivity index (χ4v) is 4.20. The highest BCUT2D eigenvalue weighted by Crippen LogP contribution is 2.26. The average Bonchev–Trinajstić information content (AvgIpc) is 2.96. The highest BCUT2D eigenvalue weighted by Gasteiger charge is 2.34. The van der Waals surface area contributed by atoms with E-state index in [9.17, 15) is 32.8 Å². The van der Waals surface area contributed by atoms with E-state index in [1.54, 1.807) is 34.9 Å². The predicted molar refractivity (Wildman–Crippen MR) is 146 cm³/mol. The molecule has 2 aromatic rings. The predicted octanol–water partition coefficient (Wildman–Crippen LogP) is 3.11. The monoisotopic (exact) mass is 574 g/mol. The molecule has 0 radical (unpaired) electrons. The molecule has 12 heteroatoms. The molecule has 3 amide bonds. The normalized spacial score (nSPS) is 12.0. The van der Waals surface area contributed by atoms with E-state index in [2.05, 4.69) is 5.32 Å². The van der Waals surface area contributed by atoms with Gasteiger partial charge in [0.15, 0.2) is 0 Å². The Kier molecular flexibility index (Phi) is 13.2. The van der Waals surface area contributed by atoms with Gasteiger partial charge in [0.2, 0.25) is 11.8 Å². The van der Waals surface area contributed by atoms with E-state index >= 15 is 0 Å². The molecule has 0 heterocycles. The lowest BCUT2D eigenvalue weighted by Gasteiger charge is -2.24. The van der Waals surface area contributed by atoms with Crippen LogP contribution in [0.15, 0.2) is 42.5 Å². The minimum atomic E-state index is -3.67. The molecule has 0 saturated carbocycles. The molecule has 0 bridgehead atoms. The molecular formula is C29H36F2N4O6. The van der Waals surface area contributed by atoms with Crippen molar-refractivity contribution in [1.29, 1.82) is 0 Å². The summed E-state index contributed by atoms with van der Waals surface area (Å²) < 4.78 is 29.9. The Bertz CT molecular complexity index is 1210. The number of carbonyl (C=O) groups excluding carboxylic acids is 5. The third kappa shape index (κ3) is 10.5. The summed E-state index contributed by atoms with van der Waals surface area (Å²) in [6.45, 7) is 0.0683. The van der Waals surface area contributed by atoms with E-state index in [4.69, 9.17) is 5.21 Å². The van der Waals surface area contributed by atoms with Crippen LogP contribution in [0.4, 0.5) is 8.78 Å². The van der Waals surface area contributed by atoms with Gasteiger partial charge in [-0.3, -0.25) is 34.6 Å². The molecule has 0 aliphatic rings. The lowest BCUT2D eigenvalue weighted by atomic mass is 10.0. The Balaban J connectivity index is 2.04. The second kappa shape index (κ2) is 16.3. The van der Waals surface area contributed by atoms with E-state index in [0.29, 0.717) is 31.0 Å². The van der Waals surface area contributed by atoms with Gasteiger partial charge in [-0.2, -0.15) is 8.78 Å². The summed E-state index contributed by atoms with van der Waals surface area (Å²) in [5.74, 6) is -1.73. The summed E-state index contributed by atoms with van der Waals surface area (Å²) in [5.41, 5.74) is 2.52. The van der Waals surface area contributed by atoms with Crippen molar-refractivity contribution in [2.75, 3.05) is 14.1 Å². The molecule has 0 aromatic heterocycles. The van der Waals surface area contributed by atoms with Gasteiger partial charge in [-0.1, -0.05) is 36.8 Å². The van der Waals surface area contributed by atoms with Crippen molar-refractivity contribution in [1.82, 2.24) is 21.0 Å². The van der Waals surface area contributed by atoms with Gasteiger partial charge >= 0.3 is 6.05 Å². The zero-order valence-electron chi connectivity index (χ0n) is 23.1. The number of unbranched alkanes of at least 4 members (excludes halogenated alkanes) is 2. The fraction of sp³-hybridized carbons (Fsp3) is 0.414. The van der Waals surface area contributed by atoms with Crippen LogP contribution in [0.1, 0.15) is 75.9 Å². The molecule has 0 fully saturated rings. The molecule has 2 rings (SSSR count). The van der Waals surface area contributed by atoms with Gasteiger partial charge in [-0.05, 0) is 56.0 Å². The number of benzene rings is 2. The highest BCUT2D eigenvalue weighted by molar-refractivity contribution is 5.95. The smallest absolute Gasteiger partial charge is 0.352 e. The van der Waals surface area contributed by atoms with Crippen LogP contribution in [0.5, 0.6) is 0 Å². The van der Waals surface area contributed by atoms with Crippen LogP contribution in [0.25, 0.3) is 0 Å². The minimum Gasteiger partial charge on any atom is -0.359 e. The number of nitrogens with one attached hydrogen (secondary N) is 3. The number of nitrogens with zero attached hydrogens (tertiary/aromatic N) is 1. The molecule has 0 aliphatic carbocycles. The zero-order chi connectivity index (χ0) is 30.4. The van der Waals surface area contributed by atoms with Gasteiger partial charge in [0, 0.05) is 43.1 Å². The van der Waals surface area contributed by atoms with Crippen molar-refractivity contribution in [3.8, 4) is 0 Å². The Hall–Kier alpha value is -4.03. The number of hydrogen-bond acceptors (Lipinski definition) is 7. The lowest BCUT2D eigenvalue weighted by Crippen LogP contribution is -2.39. The number of hydrogen-bond donors (Lipinski definition) is 4. The summed E-state index contributed by atoms with van der Waals surface area (Å²) in [5, 5.41) is 12.7. The van der Waals surface area contributed by atoms with Gasteiger partial charge in [0.1, 0.15) is 12.6 Å². The van der Waals surface area contributed by atoms with Gasteiger partial charge in [-0.15, -0.1) is 0 Å². The summed E-state index contributed by atoms with van der Waals surface area (Å²) in [6.07, 6.45) is 4.51. The maximum Gasteiger partial charge on any atom is 0.352 e.